The van der Waals surface area contributed by atoms with Crippen molar-refractivity contribution in [1.29, 1.82) is 0 Å². The summed E-state index contributed by atoms with van der Waals surface area (Å²) in [5.41, 5.74) is 0. The SMILES string of the molecule is CCCCC/C=C\CCCCCCCC(=O)OC(/C=C/C/C=C\CCCCCCCC)CC(=O)NC(CO)C(O)CCCCCCCCCCC. The first-order chi connectivity index (χ1) is 25.0. The number of carbonyl (C=O) groups excluding carboxylic acids is 2. The number of allylic oxidation sites excluding steroid dienone is 5. The molecule has 0 aromatic carbocycles. The zero-order chi connectivity index (χ0) is 37.5. The molecule has 0 fully saturated rings. The number of amides is 1. The van der Waals surface area contributed by atoms with E-state index >= 15 is 0 Å². The van der Waals surface area contributed by atoms with E-state index in [0.29, 0.717) is 12.8 Å². The predicted octanol–water partition coefficient (Wildman–Crippen LogP) is 12.2. The molecule has 0 aromatic heterocycles. The maximum absolute atomic E-state index is 13.0. The van der Waals surface area contributed by atoms with Crippen molar-refractivity contribution >= 4 is 11.9 Å². The number of esters is 1. The molecular formula is C45H83NO5. The molecule has 0 rings (SSSR count). The molecule has 6 heteroatoms. The van der Waals surface area contributed by atoms with Crippen LogP contribution in [-0.4, -0.2) is 46.9 Å². The number of hydrogen-bond donors (Lipinski definition) is 3. The zero-order valence-electron chi connectivity index (χ0n) is 33.7. The number of unbranched alkanes of at least 4 members (excludes halogenated alkanes) is 22. The van der Waals surface area contributed by atoms with Gasteiger partial charge in [0.05, 0.1) is 25.2 Å². The third-order valence-corrected chi connectivity index (χ3v) is 9.69. The van der Waals surface area contributed by atoms with Crippen molar-refractivity contribution in [2.75, 3.05) is 6.61 Å². The molecule has 0 aromatic rings. The topological polar surface area (TPSA) is 95.9 Å². The Bertz CT molecular complexity index is 854. The van der Waals surface area contributed by atoms with E-state index in [9.17, 15) is 19.8 Å². The van der Waals surface area contributed by atoms with Crippen molar-refractivity contribution in [3.05, 3.63) is 36.5 Å². The molecule has 298 valence electrons. The van der Waals surface area contributed by atoms with Gasteiger partial charge < -0.3 is 20.3 Å². The Morgan fingerprint density at radius 2 is 1.04 bits per heavy atom. The van der Waals surface area contributed by atoms with Crippen molar-refractivity contribution in [2.24, 2.45) is 0 Å². The minimum absolute atomic E-state index is 0.0308. The first-order valence-electron chi connectivity index (χ1n) is 21.7. The number of aliphatic hydroxyl groups excluding tert-OH is 2. The van der Waals surface area contributed by atoms with E-state index < -0.39 is 18.2 Å². The van der Waals surface area contributed by atoms with Gasteiger partial charge in [-0.1, -0.05) is 173 Å². The summed E-state index contributed by atoms with van der Waals surface area (Å²) in [6.45, 7) is 6.37. The fourth-order valence-electron chi connectivity index (χ4n) is 6.33. The Kier molecular flexibility index (Phi) is 37.8. The molecule has 0 saturated carbocycles. The summed E-state index contributed by atoms with van der Waals surface area (Å²) in [6, 6.07) is -0.728. The van der Waals surface area contributed by atoms with Gasteiger partial charge in [-0.25, -0.2) is 0 Å². The van der Waals surface area contributed by atoms with E-state index in [2.05, 4.69) is 50.4 Å². The van der Waals surface area contributed by atoms with Crippen molar-refractivity contribution in [2.45, 2.75) is 232 Å². The number of ether oxygens (including phenoxy) is 1. The lowest BCUT2D eigenvalue weighted by Crippen LogP contribution is -2.46. The Balaban J connectivity index is 4.72. The lowest BCUT2D eigenvalue weighted by atomic mass is 10.0. The molecule has 0 aliphatic heterocycles. The number of carbonyl (C=O) groups is 2. The molecule has 3 unspecified atom stereocenters. The molecule has 3 atom stereocenters. The molecule has 0 radical (unpaired) electrons. The van der Waals surface area contributed by atoms with Gasteiger partial charge in [0.25, 0.3) is 0 Å². The Labute approximate surface area is 315 Å². The predicted molar refractivity (Wildman–Crippen MR) is 218 cm³/mol. The zero-order valence-corrected chi connectivity index (χ0v) is 33.7. The van der Waals surface area contributed by atoms with Crippen LogP contribution >= 0.6 is 0 Å². The summed E-state index contributed by atoms with van der Waals surface area (Å²) in [5, 5.41) is 23.5. The smallest absolute Gasteiger partial charge is 0.306 e. The van der Waals surface area contributed by atoms with Crippen LogP contribution in [0.25, 0.3) is 0 Å². The van der Waals surface area contributed by atoms with Crippen LogP contribution in [-0.2, 0) is 14.3 Å². The highest BCUT2D eigenvalue weighted by Crippen LogP contribution is 2.15. The van der Waals surface area contributed by atoms with Gasteiger partial charge >= 0.3 is 5.97 Å². The normalized spacial score (nSPS) is 13.7. The van der Waals surface area contributed by atoms with E-state index in [4.69, 9.17) is 4.74 Å². The van der Waals surface area contributed by atoms with Gasteiger partial charge in [0.2, 0.25) is 5.91 Å². The molecule has 0 saturated heterocycles. The summed E-state index contributed by atoms with van der Waals surface area (Å²) in [6.07, 6.45) is 43.8. The van der Waals surface area contributed by atoms with E-state index in [1.54, 1.807) is 0 Å². The highest BCUT2D eigenvalue weighted by molar-refractivity contribution is 5.78. The van der Waals surface area contributed by atoms with Crippen molar-refractivity contribution in [3.8, 4) is 0 Å². The maximum Gasteiger partial charge on any atom is 0.306 e. The van der Waals surface area contributed by atoms with Crippen LogP contribution < -0.4 is 5.32 Å². The minimum Gasteiger partial charge on any atom is -0.458 e. The highest BCUT2D eigenvalue weighted by Gasteiger charge is 2.23. The van der Waals surface area contributed by atoms with Crippen molar-refractivity contribution in [1.82, 2.24) is 5.32 Å². The number of nitrogens with one attached hydrogen (secondary N) is 1. The first-order valence-corrected chi connectivity index (χ1v) is 21.7. The fourth-order valence-corrected chi connectivity index (χ4v) is 6.33. The minimum atomic E-state index is -0.807. The highest BCUT2D eigenvalue weighted by atomic mass is 16.5. The Morgan fingerprint density at radius 1 is 0.588 bits per heavy atom. The summed E-state index contributed by atoms with van der Waals surface area (Å²) in [7, 11) is 0. The van der Waals surface area contributed by atoms with Crippen molar-refractivity contribution < 1.29 is 24.5 Å². The molecule has 51 heavy (non-hydrogen) atoms. The van der Waals surface area contributed by atoms with Gasteiger partial charge in [0.15, 0.2) is 0 Å². The van der Waals surface area contributed by atoms with Crippen LogP contribution in [0, 0.1) is 0 Å². The summed E-state index contributed by atoms with van der Waals surface area (Å²) in [4.78, 5) is 25.8. The second kappa shape index (κ2) is 39.3. The fraction of sp³-hybridized carbons (Fsp3) is 0.822. The van der Waals surface area contributed by atoms with Crippen LogP contribution in [0.2, 0.25) is 0 Å². The number of hydrogen-bond acceptors (Lipinski definition) is 5. The van der Waals surface area contributed by atoms with Crippen LogP contribution in [0.3, 0.4) is 0 Å². The summed E-state index contributed by atoms with van der Waals surface area (Å²) in [5.74, 6) is -0.615. The molecule has 0 heterocycles. The molecular weight excluding hydrogens is 634 g/mol. The van der Waals surface area contributed by atoms with Gasteiger partial charge in [-0.05, 0) is 63.9 Å². The quantitative estimate of drug-likeness (QED) is 0.0336. The Hall–Kier alpha value is -1.92. The second-order valence-electron chi connectivity index (χ2n) is 14.7. The van der Waals surface area contributed by atoms with E-state index in [-0.39, 0.29) is 24.9 Å². The average Bonchev–Trinajstić information content (AvgIpc) is 3.12. The Morgan fingerprint density at radius 3 is 1.59 bits per heavy atom. The van der Waals surface area contributed by atoms with Crippen LogP contribution in [0.4, 0.5) is 0 Å². The summed E-state index contributed by atoms with van der Waals surface area (Å²) >= 11 is 0. The van der Waals surface area contributed by atoms with Gasteiger partial charge in [-0.2, -0.15) is 0 Å². The molecule has 0 spiro atoms. The standard InChI is InChI=1S/C45H83NO5/c1-4-7-10-13-16-19-21-23-26-29-32-35-38-45(50)51-41(36-33-30-27-25-22-20-17-14-11-8-5-2)39-44(49)46-42(40-47)43(48)37-34-31-28-24-18-15-12-9-6-3/h16,19,25,27,33,36,41-43,47-48H,4-15,17-18,20-24,26,28-32,34-35,37-40H2,1-3H3,(H,46,49)/b19-16-,27-25-,36-33+. The van der Waals surface area contributed by atoms with Gasteiger partial charge in [0, 0.05) is 6.42 Å². The molecule has 0 aliphatic rings. The summed E-state index contributed by atoms with van der Waals surface area (Å²) < 4.78 is 5.78. The first kappa shape index (κ1) is 49.1. The number of aliphatic hydroxyl groups is 2. The lowest BCUT2D eigenvalue weighted by molar-refractivity contribution is -0.148. The van der Waals surface area contributed by atoms with E-state index in [1.165, 1.54) is 116 Å². The third kappa shape index (κ3) is 34.9. The van der Waals surface area contributed by atoms with Gasteiger partial charge in [-0.3, -0.25) is 9.59 Å². The van der Waals surface area contributed by atoms with Crippen LogP contribution in [0.1, 0.15) is 213 Å². The van der Waals surface area contributed by atoms with Crippen LogP contribution in [0.5, 0.6) is 0 Å². The second-order valence-corrected chi connectivity index (χ2v) is 14.7. The monoisotopic (exact) mass is 718 g/mol. The van der Waals surface area contributed by atoms with E-state index in [0.717, 1.165) is 57.8 Å². The molecule has 0 bridgehead atoms. The lowest BCUT2D eigenvalue weighted by Gasteiger charge is -2.23. The molecule has 6 nitrogen and oxygen atoms in total. The number of rotatable bonds is 38. The molecule has 0 aliphatic carbocycles. The van der Waals surface area contributed by atoms with Gasteiger partial charge in [-0.15, -0.1) is 0 Å². The van der Waals surface area contributed by atoms with E-state index in [1.807, 2.05) is 12.2 Å². The molecule has 3 N–H and O–H groups in total. The van der Waals surface area contributed by atoms with Crippen LogP contribution in [0.15, 0.2) is 36.5 Å². The largest absolute Gasteiger partial charge is 0.458 e. The third-order valence-electron chi connectivity index (χ3n) is 9.69. The van der Waals surface area contributed by atoms with Gasteiger partial charge in [0.1, 0.15) is 6.10 Å². The molecule has 1 amide bonds. The maximum atomic E-state index is 13.0. The van der Waals surface area contributed by atoms with Crippen molar-refractivity contribution in [3.63, 3.8) is 0 Å². The average molecular weight is 718 g/mol.